The van der Waals surface area contributed by atoms with Crippen LogP contribution in [0.3, 0.4) is 0 Å². The van der Waals surface area contributed by atoms with E-state index >= 15 is 0 Å². The predicted octanol–water partition coefficient (Wildman–Crippen LogP) is 4.04. The molecule has 29 heavy (non-hydrogen) atoms. The minimum atomic E-state index is -1.42. The molecule has 0 atom stereocenters. The molecule has 0 radical (unpaired) electrons. The van der Waals surface area contributed by atoms with Gasteiger partial charge in [0, 0.05) is 42.7 Å². The Morgan fingerprint density at radius 1 is 0.448 bits per heavy atom. The SMILES string of the molecule is CO[SiH](CCCCC(C)(CCCC[SiH](OC)OC)CCCC[SiH](OC)OC)OC. The largest absolute Gasteiger partial charge is 0.400 e. The minimum Gasteiger partial charge on any atom is -0.400 e. The van der Waals surface area contributed by atoms with Crippen LogP contribution in [0.4, 0.5) is 0 Å². The van der Waals surface area contributed by atoms with Crippen molar-refractivity contribution < 1.29 is 26.6 Å². The lowest BCUT2D eigenvalue weighted by Crippen LogP contribution is -2.21. The Hall–Kier alpha value is 0.411. The van der Waals surface area contributed by atoms with Crippen LogP contribution < -0.4 is 0 Å². The van der Waals surface area contributed by atoms with Crippen molar-refractivity contribution in [1.29, 1.82) is 0 Å². The average Bonchev–Trinajstić information content (AvgIpc) is 2.74. The first-order chi connectivity index (χ1) is 14.0. The molecule has 0 saturated carbocycles. The van der Waals surface area contributed by atoms with Gasteiger partial charge in [0.05, 0.1) is 0 Å². The molecule has 0 aromatic carbocycles. The van der Waals surface area contributed by atoms with Gasteiger partial charge in [0.25, 0.3) is 0 Å². The highest BCUT2D eigenvalue weighted by molar-refractivity contribution is 6.44. The second-order valence-electron chi connectivity index (χ2n) is 8.25. The van der Waals surface area contributed by atoms with Crippen molar-refractivity contribution in [3.63, 3.8) is 0 Å². The maximum atomic E-state index is 5.45. The first-order valence-electron chi connectivity index (χ1n) is 11.1. The molecule has 0 aliphatic carbocycles. The van der Waals surface area contributed by atoms with Gasteiger partial charge in [-0.25, -0.2) is 0 Å². The van der Waals surface area contributed by atoms with Crippen LogP contribution in [0.2, 0.25) is 18.1 Å². The fourth-order valence-corrected chi connectivity index (χ4v) is 7.82. The van der Waals surface area contributed by atoms with E-state index in [2.05, 4.69) is 6.92 Å². The van der Waals surface area contributed by atoms with E-state index in [0.29, 0.717) is 5.41 Å². The van der Waals surface area contributed by atoms with Crippen LogP contribution >= 0.6 is 0 Å². The summed E-state index contributed by atoms with van der Waals surface area (Å²) in [5, 5.41) is 0. The fourth-order valence-electron chi connectivity index (χ4n) is 3.96. The van der Waals surface area contributed by atoms with E-state index in [-0.39, 0.29) is 0 Å². The predicted molar refractivity (Wildman–Crippen MR) is 128 cm³/mol. The minimum absolute atomic E-state index is 0.408. The number of hydrogen-bond acceptors (Lipinski definition) is 6. The van der Waals surface area contributed by atoms with E-state index in [0.717, 1.165) is 18.1 Å². The zero-order valence-electron chi connectivity index (χ0n) is 20.2. The maximum Gasteiger partial charge on any atom is 0.320 e. The molecule has 0 spiro atoms. The molecule has 0 bridgehead atoms. The highest BCUT2D eigenvalue weighted by atomic mass is 28.3. The van der Waals surface area contributed by atoms with Gasteiger partial charge in [0.1, 0.15) is 0 Å². The van der Waals surface area contributed by atoms with Gasteiger partial charge in [-0.2, -0.15) is 0 Å². The van der Waals surface area contributed by atoms with Crippen LogP contribution in [0.15, 0.2) is 0 Å². The van der Waals surface area contributed by atoms with Crippen LogP contribution in [0.25, 0.3) is 0 Å². The highest BCUT2D eigenvalue weighted by Gasteiger charge is 2.24. The lowest BCUT2D eigenvalue weighted by molar-refractivity contribution is 0.222. The fraction of sp³-hybridized carbons (Fsp3) is 1.00. The molecular formula is C20H48O6Si3. The van der Waals surface area contributed by atoms with Crippen molar-refractivity contribution in [3.8, 4) is 0 Å². The van der Waals surface area contributed by atoms with Crippen LogP contribution in [-0.2, 0) is 26.6 Å². The van der Waals surface area contributed by atoms with Crippen LogP contribution in [0, 0.1) is 5.41 Å². The van der Waals surface area contributed by atoms with E-state index < -0.39 is 27.9 Å². The standard InChI is InChI=1S/C20H48O6Si3/c1-20(14-8-11-17-27(21-2)22-3,15-9-12-18-28(23-4)24-5)16-10-13-19-29(25-6)26-7/h27-29H,8-19H2,1-7H3. The number of hydrogen-bond donors (Lipinski definition) is 0. The molecular weight excluding hydrogens is 420 g/mol. The van der Waals surface area contributed by atoms with Crippen molar-refractivity contribution in [1.82, 2.24) is 0 Å². The van der Waals surface area contributed by atoms with Crippen LogP contribution in [0.1, 0.15) is 64.7 Å². The lowest BCUT2D eigenvalue weighted by atomic mass is 9.76. The molecule has 9 heteroatoms. The highest BCUT2D eigenvalue weighted by Crippen LogP contribution is 2.37. The molecule has 0 aromatic heterocycles. The monoisotopic (exact) mass is 468 g/mol. The molecule has 0 aliphatic rings. The summed E-state index contributed by atoms with van der Waals surface area (Å²) >= 11 is 0. The van der Waals surface area contributed by atoms with Gasteiger partial charge in [0.2, 0.25) is 0 Å². The van der Waals surface area contributed by atoms with Gasteiger partial charge in [-0.05, 0) is 42.8 Å². The first-order valence-corrected chi connectivity index (χ1v) is 16.4. The van der Waals surface area contributed by atoms with Crippen molar-refractivity contribution in [2.24, 2.45) is 5.41 Å². The van der Waals surface area contributed by atoms with E-state index in [1.165, 1.54) is 57.8 Å². The molecule has 0 amide bonds. The van der Waals surface area contributed by atoms with E-state index in [1.807, 2.05) is 0 Å². The Morgan fingerprint density at radius 2 is 0.690 bits per heavy atom. The Labute approximate surface area is 185 Å². The Morgan fingerprint density at radius 3 is 0.897 bits per heavy atom. The summed E-state index contributed by atoms with van der Waals surface area (Å²) in [4.78, 5) is 0. The smallest absolute Gasteiger partial charge is 0.320 e. The Kier molecular flexibility index (Phi) is 19.4. The third kappa shape index (κ3) is 14.9. The molecule has 0 aromatic rings. The van der Waals surface area contributed by atoms with E-state index in [9.17, 15) is 0 Å². The van der Waals surface area contributed by atoms with Crippen molar-refractivity contribution >= 4 is 27.9 Å². The average molecular weight is 469 g/mol. The molecule has 0 N–H and O–H groups in total. The number of unbranched alkanes of at least 4 members (excludes halogenated alkanes) is 3. The number of rotatable bonds is 21. The van der Waals surface area contributed by atoms with Gasteiger partial charge in [0.15, 0.2) is 0 Å². The molecule has 0 rings (SSSR count). The van der Waals surface area contributed by atoms with Crippen molar-refractivity contribution in [3.05, 3.63) is 0 Å². The van der Waals surface area contributed by atoms with Gasteiger partial charge >= 0.3 is 27.9 Å². The van der Waals surface area contributed by atoms with Gasteiger partial charge in [-0.3, -0.25) is 0 Å². The normalized spacial score (nSPS) is 12.6. The molecule has 0 heterocycles. The summed E-state index contributed by atoms with van der Waals surface area (Å²) in [5.41, 5.74) is 0.408. The summed E-state index contributed by atoms with van der Waals surface area (Å²) in [6.45, 7) is 2.48. The zero-order valence-corrected chi connectivity index (χ0v) is 23.6. The Balaban J connectivity index is 4.43. The summed E-state index contributed by atoms with van der Waals surface area (Å²) in [6, 6.07) is 3.31. The molecule has 0 saturated heterocycles. The van der Waals surface area contributed by atoms with E-state index in [4.69, 9.17) is 26.6 Å². The van der Waals surface area contributed by atoms with Crippen molar-refractivity contribution in [2.75, 3.05) is 42.7 Å². The van der Waals surface area contributed by atoms with Gasteiger partial charge in [-0.15, -0.1) is 0 Å². The second-order valence-corrected chi connectivity index (χ2v) is 15.4. The molecule has 0 unspecified atom stereocenters. The van der Waals surface area contributed by atoms with Crippen molar-refractivity contribution in [2.45, 2.75) is 82.8 Å². The Bertz CT molecular complexity index is 303. The van der Waals surface area contributed by atoms with Gasteiger partial charge in [-0.1, -0.05) is 45.4 Å². The second kappa shape index (κ2) is 19.1. The maximum absolute atomic E-state index is 5.45. The van der Waals surface area contributed by atoms with Crippen LogP contribution in [0.5, 0.6) is 0 Å². The summed E-state index contributed by atoms with van der Waals surface area (Å²) in [7, 11) is 6.40. The molecule has 0 fully saturated rings. The third-order valence-corrected chi connectivity index (χ3v) is 11.8. The van der Waals surface area contributed by atoms with E-state index in [1.54, 1.807) is 42.7 Å². The third-order valence-electron chi connectivity index (χ3n) is 5.99. The first kappa shape index (κ1) is 29.4. The lowest BCUT2D eigenvalue weighted by Gasteiger charge is -2.30. The topological polar surface area (TPSA) is 55.4 Å². The zero-order chi connectivity index (χ0) is 22.0. The molecule has 6 nitrogen and oxygen atoms in total. The van der Waals surface area contributed by atoms with Gasteiger partial charge < -0.3 is 26.6 Å². The molecule has 176 valence electrons. The summed E-state index contributed by atoms with van der Waals surface area (Å²) in [6.07, 6.45) is 11.2. The quantitative estimate of drug-likeness (QED) is 0.187. The summed E-state index contributed by atoms with van der Waals surface area (Å²) in [5.74, 6) is 0. The summed E-state index contributed by atoms with van der Waals surface area (Å²) < 4.78 is 32.7. The molecule has 0 aliphatic heterocycles. The van der Waals surface area contributed by atoms with Crippen LogP contribution in [-0.4, -0.2) is 70.5 Å².